The fourth-order valence-electron chi connectivity index (χ4n) is 2.03. The molecule has 0 aliphatic rings. The molecule has 102 valence electrons. The van der Waals surface area contributed by atoms with E-state index < -0.39 is 0 Å². The zero-order valence-electron chi connectivity index (χ0n) is 11.7. The second kappa shape index (κ2) is 8.52. The highest BCUT2D eigenvalue weighted by molar-refractivity contribution is 6.30. The molecule has 0 fully saturated rings. The molecule has 1 N–H and O–H groups in total. The van der Waals surface area contributed by atoms with Gasteiger partial charge >= 0.3 is 0 Å². The minimum atomic E-state index is 0.388. The van der Waals surface area contributed by atoms with Gasteiger partial charge in [0.2, 0.25) is 0 Å². The van der Waals surface area contributed by atoms with Crippen LogP contribution in [0, 0.1) is 0 Å². The van der Waals surface area contributed by atoms with E-state index in [2.05, 4.69) is 43.1 Å². The summed E-state index contributed by atoms with van der Waals surface area (Å²) in [5.74, 6) is 0. The van der Waals surface area contributed by atoms with Gasteiger partial charge in [-0.05, 0) is 57.2 Å². The number of nitrogens with one attached hydrogen (secondary N) is 1. The lowest BCUT2D eigenvalue weighted by molar-refractivity contribution is 0.296. The largest absolute Gasteiger partial charge is 0.310 e. The molecule has 1 aromatic rings. The van der Waals surface area contributed by atoms with E-state index >= 15 is 0 Å². The summed E-state index contributed by atoms with van der Waals surface area (Å²) < 4.78 is 0. The Morgan fingerprint density at radius 3 is 2.33 bits per heavy atom. The molecule has 0 aromatic heterocycles. The number of halogens is 1. The Labute approximate surface area is 116 Å². The van der Waals surface area contributed by atoms with Crippen LogP contribution in [0.1, 0.15) is 38.8 Å². The number of hydrogen-bond donors (Lipinski definition) is 1. The minimum absolute atomic E-state index is 0.388. The topological polar surface area (TPSA) is 15.3 Å². The predicted molar refractivity (Wildman–Crippen MR) is 80.3 cm³/mol. The molecule has 1 atom stereocenters. The quantitative estimate of drug-likeness (QED) is 0.723. The highest BCUT2D eigenvalue weighted by Gasteiger charge is 2.04. The molecule has 0 heterocycles. The summed E-state index contributed by atoms with van der Waals surface area (Å²) in [7, 11) is 0. The molecule has 0 aliphatic heterocycles. The standard InChI is InChI=1S/C15H25ClN2/c1-4-18(5-2)12-6-11-17-13(3)14-7-9-15(16)10-8-14/h7-10,13,17H,4-6,11-12H2,1-3H3. The van der Waals surface area contributed by atoms with Crippen molar-refractivity contribution < 1.29 is 0 Å². The molecule has 0 saturated carbocycles. The third-order valence-corrected chi connectivity index (χ3v) is 3.62. The molecule has 0 radical (unpaired) electrons. The van der Waals surface area contributed by atoms with Crippen LogP contribution >= 0.6 is 11.6 Å². The van der Waals surface area contributed by atoms with Crippen molar-refractivity contribution in [3.63, 3.8) is 0 Å². The number of nitrogens with zero attached hydrogens (tertiary/aromatic N) is 1. The minimum Gasteiger partial charge on any atom is -0.310 e. The van der Waals surface area contributed by atoms with Crippen molar-refractivity contribution in [2.24, 2.45) is 0 Å². The highest BCUT2D eigenvalue weighted by Crippen LogP contribution is 2.15. The summed E-state index contributed by atoms with van der Waals surface area (Å²) in [5, 5.41) is 4.35. The van der Waals surface area contributed by atoms with E-state index in [4.69, 9.17) is 11.6 Å². The molecule has 0 amide bonds. The third kappa shape index (κ3) is 5.38. The number of rotatable bonds is 8. The van der Waals surface area contributed by atoms with Crippen molar-refractivity contribution in [1.29, 1.82) is 0 Å². The van der Waals surface area contributed by atoms with Crippen molar-refractivity contribution in [2.75, 3.05) is 26.2 Å². The average Bonchev–Trinajstić information content (AvgIpc) is 2.39. The first-order valence-electron chi connectivity index (χ1n) is 6.88. The van der Waals surface area contributed by atoms with E-state index in [1.165, 1.54) is 18.5 Å². The van der Waals surface area contributed by atoms with Crippen LogP contribution in [0.25, 0.3) is 0 Å². The van der Waals surface area contributed by atoms with Crippen LogP contribution in [0.15, 0.2) is 24.3 Å². The molecule has 3 heteroatoms. The Morgan fingerprint density at radius 2 is 1.78 bits per heavy atom. The van der Waals surface area contributed by atoms with Crippen molar-refractivity contribution in [3.8, 4) is 0 Å². The molecule has 0 aliphatic carbocycles. The van der Waals surface area contributed by atoms with E-state index in [1.807, 2.05) is 12.1 Å². The molecular weight excluding hydrogens is 244 g/mol. The monoisotopic (exact) mass is 268 g/mol. The van der Waals surface area contributed by atoms with Crippen LogP contribution < -0.4 is 5.32 Å². The van der Waals surface area contributed by atoms with Gasteiger partial charge in [-0.2, -0.15) is 0 Å². The van der Waals surface area contributed by atoms with E-state index in [0.717, 1.165) is 24.7 Å². The molecule has 0 saturated heterocycles. The van der Waals surface area contributed by atoms with E-state index in [1.54, 1.807) is 0 Å². The summed E-state index contributed by atoms with van der Waals surface area (Å²) in [4.78, 5) is 2.45. The zero-order chi connectivity index (χ0) is 13.4. The average molecular weight is 269 g/mol. The lowest BCUT2D eigenvalue weighted by Crippen LogP contribution is -2.28. The Bertz CT molecular complexity index is 320. The molecule has 0 bridgehead atoms. The maximum Gasteiger partial charge on any atom is 0.0406 e. The number of benzene rings is 1. The summed E-state index contributed by atoms with van der Waals surface area (Å²) in [6, 6.07) is 8.46. The fourth-order valence-corrected chi connectivity index (χ4v) is 2.16. The maximum absolute atomic E-state index is 5.88. The van der Waals surface area contributed by atoms with E-state index in [0.29, 0.717) is 6.04 Å². The normalized spacial score (nSPS) is 12.9. The summed E-state index contributed by atoms with van der Waals surface area (Å²) in [6.45, 7) is 11.1. The SMILES string of the molecule is CCN(CC)CCCNC(C)c1ccc(Cl)cc1. The van der Waals surface area contributed by atoms with Crippen molar-refractivity contribution in [3.05, 3.63) is 34.9 Å². The number of hydrogen-bond acceptors (Lipinski definition) is 2. The third-order valence-electron chi connectivity index (χ3n) is 3.37. The van der Waals surface area contributed by atoms with Gasteiger partial charge in [0.15, 0.2) is 0 Å². The Balaban J connectivity index is 2.25. The Morgan fingerprint density at radius 1 is 1.17 bits per heavy atom. The first-order valence-corrected chi connectivity index (χ1v) is 7.26. The molecule has 1 aromatic carbocycles. The van der Waals surface area contributed by atoms with Gasteiger partial charge in [0, 0.05) is 11.1 Å². The Hall–Kier alpha value is -0.570. The molecule has 18 heavy (non-hydrogen) atoms. The first-order chi connectivity index (χ1) is 8.67. The van der Waals surface area contributed by atoms with Gasteiger partial charge in [0.25, 0.3) is 0 Å². The van der Waals surface area contributed by atoms with E-state index in [-0.39, 0.29) is 0 Å². The van der Waals surface area contributed by atoms with Crippen molar-refractivity contribution in [1.82, 2.24) is 10.2 Å². The maximum atomic E-state index is 5.88. The van der Waals surface area contributed by atoms with E-state index in [9.17, 15) is 0 Å². The Kier molecular flexibility index (Phi) is 7.33. The smallest absolute Gasteiger partial charge is 0.0406 e. The van der Waals surface area contributed by atoms with Gasteiger partial charge in [-0.1, -0.05) is 37.6 Å². The highest BCUT2D eigenvalue weighted by atomic mass is 35.5. The second-order valence-corrected chi connectivity index (χ2v) is 5.04. The molecule has 0 spiro atoms. The predicted octanol–water partition coefficient (Wildman–Crippen LogP) is 3.72. The lowest BCUT2D eigenvalue weighted by Gasteiger charge is -2.19. The first kappa shape index (κ1) is 15.5. The van der Waals surface area contributed by atoms with Crippen LogP contribution in [0.5, 0.6) is 0 Å². The van der Waals surface area contributed by atoms with Gasteiger partial charge in [0.1, 0.15) is 0 Å². The summed E-state index contributed by atoms with van der Waals surface area (Å²) in [5.41, 5.74) is 1.29. The van der Waals surface area contributed by atoms with Gasteiger partial charge in [-0.25, -0.2) is 0 Å². The fraction of sp³-hybridized carbons (Fsp3) is 0.600. The van der Waals surface area contributed by atoms with Crippen LogP contribution in [0.4, 0.5) is 0 Å². The summed E-state index contributed by atoms with van der Waals surface area (Å²) in [6.07, 6.45) is 1.19. The molecule has 1 rings (SSSR count). The van der Waals surface area contributed by atoms with Crippen LogP contribution in [0.3, 0.4) is 0 Å². The van der Waals surface area contributed by atoms with Crippen LogP contribution in [0.2, 0.25) is 5.02 Å². The molecule has 1 unspecified atom stereocenters. The zero-order valence-corrected chi connectivity index (χ0v) is 12.5. The van der Waals surface area contributed by atoms with Gasteiger partial charge < -0.3 is 10.2 Å². The van der Waals surface area contributed by atoms with Crippen molar-refractivity contribution in [2.45, 2.75) is 33.2 Å². The lowest BCUT2D eigenvalue weighted by atomic mass is 10.1. The van der Waals surface area contributed by atoms with Gasteiger partial charge in [0.05, 0.1) is 0 Å². The van der Waals surface area contributed by atoms with Gasteiger partial charge in [-0.3, -0.25) is 0 Å². The molecular formula is C15H25ClN2. The van der Waals surface area contributed by atoms with Gasteiger partial charge in [-0.15, -0.1) is 0 Å². The van der Waals surface area contributed by atoms with Crippen molar-refractivity contribution >= 4 is 11.6 Å². The van der Waals surface area contributed by atoms with Crippen LogP contribution in [-0.4, -0.2) is 31.1 Å². The summed E-state index contributed by atoms with van der Waals surface area (Å²) >= 11 is 5.88. The second-order valence-electron chi connectivity index (χ2n) is 4.61. The molecule has 2 nitrogen and oxygen atoms in total. The van der Waals surface area contributed by atoms with Crippen LogP contribution in [-0.2, 0) is 0 Å².